The van der Waals surface area contributed by atoms with E-state index in [4.69, 9.17) is 9.72 Å². The highest BCUT2D eigenvalue weighted by molar-refractivity contribution is 5.79. The van der Waals surface area contributed by atoms with Crippen molar-refractivity contribution in [2.75, 3.05) is 7.11 Å². The lowest BCUT2D eigenvalue weighted by Crippen LogP contribution is -2.29. The number of methoxy groups -OCH3 is 1. The normalized spacial score (nSPS) is 11.1. The number of H-pyrrole nitrogens is 1. The molecule has 0 aliphatic heterocycles. The van der Waals surface area contributed by atoms with Crippen LogP contribution in [0.5, 0.6) is 5.75 Å². The van der Waals surface area contributed by atoms with Crippen LogP contribution in [0.1, 0.15) is 42.5 Å². The Kier molecular flexibility index (Phi) is 7.44. The standard InChI is InChI=1S/C29H28N6O4/c1-4-5-10-25-24(28(36)35(18(2)32-25)26-14-13-21(38-3)17-31-26)15-20-12-11-19(16-30-20)22-8-6-7-9-23(22)27-33-29(37)39-34-27/h6-9,11-14,16-17H,4-5,10,15H2,1-3H3,(H,33,34,37). The molecule has 0 saturated carbocycles. The summed E-state index contributed by atoms with van der Waals surface area (Å²) in [6.45, 7) is 3.93. The minimum absolute atomic E-state index is 0.155. The second-order valence-corrected chi connectivity index (χ2v) is 9.09. The predicted molar refractivity (Wildman–Crippen MR) is 146 cm³/mol. The molecule has 10 heteroatoms. The summed E-state index contributed by atoms with van der Waals surface area (Å²) in [5, 5.41) is 3.82. The maximum absolute atomic E-state index is 13.8. The van der Waals surface area contributed by atoms with Crippen LogP contribution in [0.25, 0.3) is 28.3 Å². The van der Waals surface area contributed by atoms with Crippen LogP contribution in [-0.4, -0.2) is 36.8 Å². The highest BCUT2D eigenvalue weighted by Gasteiger charge is 2.18. The molecule has 5 aromatic rings. The van der Waals surface area contributed by atoms with Crippen molar-refractivity contribution in [2.45, 2.75) is 39.5 Å². The van der Waals surface area contributed by atoms with Crippen molar-refractivity contribution >= 4 is 0 Å². The quantitative estimate of drug-likeness (QED) is 0.302. The molecule has 0 spiro atoms. The van der Waals surface area contributed by atoms with Gasteiger partial charge in [0, 0.05) is 35.0 Å². The van der Waals surface area contributed by atoms with Gasteiger partial charge in [0.1, 0.15) is 17.4 Å². The first-order valence-electron chi connectivity index (χ1n) is 12.7. The molecule has 0 radical (unpaired) electrons. The van der Waals surface area contributed by atoms with E-state index in [2.05, 4.69) is 31.6 Å². The number of nitrogens with zero attached hydrogens (tertiary/aromatic N) is 5. The summed E-state index contributed by atoms with van der Waals surface area (Å²) in [5.74, 6) is 1.41. The molecular formula is C29H28N6O4. The fourth-order valence-corrected chi connectivity index (χ4v) is 4.50. The van der Waals surface area contributed by atoms with Crippen molar-refractivity contribution in [3.8, 4) is 34.1 Å². The maximum atomic E-state index is 13.8. The van der Waals surface area contributed by atoms with Gasteiger partial charge in [-0.2, -0.15) is 0 Å². The van der Waals surface area contributed by atoms with Crippen molar-refractivity contribution in [1.82, 2.24) is 29.7 Å². The molecule has 39 heavy (non-hydrogen) atoms. The Bertz CT molecular complexity index is 1700. The number of rotatable bonds is 9. The molecule has 1 aromatic carbocycles. The third-order valence-corrected chi connectivity index (χ3v) is 6.50. The van der Waals surface area contributed by atoms with E-state index in [1.54, 1.807) is 31.6 Å². The van der Waals surface area contributed by atoms with E-state index in [1.165, 1.54) is 4.57 Å². The Morgan fingerprint density at radius 1 is 1.00 bits per heavy atom. The van der Waals surface area contributed by atoms with Gasteiger partial charge in [-0.05, 0) is 43.5 Å². The number of ether oxygens (including phenoxy) is 1. The zero-order chi connectivity index (χ0) is 27.4. The Balaban J connectivity index is 1.51. The molecule has 1 N–H and O–H groups in total. The number of pyridine rings is 2. The van der Waals surface area contributed by atoms with Crippen LogP contribution in [-0.2, 0) is 12.8 Å². The van der Waals surface area contributed by atoms with E-state index in [1.807, 2.05) is 43.3 Å². The van der Waals surface area contributed by atoms with E-state index in [0.717, 1.165) is 40.9 Å². The Morgan fingerprint density at radius 3 is 2.46 bits per heavy atom. The third kappa shape index (κ3) is 5.40. The summed E-state index contributed by atoms with van der Waals surface area (Å²) >= 11 is 0. The lowest BCUT2D eigenvalue weighted by atomic mass is 9.99. The molecule has 0 unspecified atom stereocenters. The topological polar surface area (TPSA) is 129 Å². The molecule has 4 heterocycles. The Morgan fingerprint density at radius 2 is 1.82 bits per heavy atom. The highest BCUT2D eigenvalue weighted by Crippen LogP contribution is 2.29. The van der Waals surface area contributed by atoms with Crippen molar-refractivity contribution in [2.24, 2.45) is 0 Å². The number of nitrogens with one attached hydrogen (secondary N) is 1. The molecule has 4 aromatic heterocycles. The number of aryl methyl sites for hydroxylation is 2. The van der Waals surface area contributed by atoms with Crippen molar-refractivity contribution in [3.63, 3.8) is 0 Å². The van der Waals surface area contributed by atoms with Gasteiger partial charge in [0.05, 0.1) is 19.0 Å². The summed E-state index contributed by atoms with van der Waals surface area (Å²) in [7, 11) is 1.57. The molecule has 0 fully saturated rings. The molecule has 0 saturated heterocycles. The lowest BCUT2D eigenvalue weighted by Gasteiger charge is -2.15. The van der Waals surface area contributed by atoms with E-state index in [9.17, 15) is 9.59 Å². The van der Waals surface area contributed by atoms with Gasteiger partial charge in [0.2, 0.25) is 0 Å². The Labute approximate surface area is 224 Å². The van der Waals surface area contributed by atoms with Gasteiger partial charge in [-0.3, -0.25) is 19.3 Å². The first kappa shape index (κ1) is 25.8. The fraction of sp³-hybridized carbons (Fsp3) is 0.241. The lowest BCUT2D eigenvalue weighted by molar-refractivity contribution is 0.388. The van der Waals surface area contributed by atoms with Gasteiger partial charge in [0.25, 0.3) is 5.56 Å². The Hall–Kier alpha value is -4.86. The number of aromatic amines is 1. The summed E-state index contributed by atoms with van der Waals surface area (Å²) in [5.41, 5.74) is 4.37. The molecule has 10 nitrogen and oxygen atoms in total. The minimum Gasteiger partial charge on any atom is -0.495 e. The van der Waals surface area contributed by atoms with Gasteiger partial charge < -0.3 is 4.74 Å². The van der Waals surface area contributed by atoms with Gasteiger partial charge in [0.15, 0.2) is 5.82 Å². The van der Waals surface area contributed by atoms with Crippen LogP contribution >= 0.6 is 0 Å². The van der Waals surface area contributed by atoms with Gasteiger partial charge in [-0.15, -0.1) is 0 Å². The zero-order valence-electron chi connectivity index (χ0n) is 22.0. The number of aromatic nitrogens is 6. The average Bonchev–Trinajstić information content (AvgIpc) is 3.40. The first-order chi connectivity index (χ1) is 19.0. The first-order valence-corrected chi connectivity index (χ1v) is 12.7. The number of benzene rings is 1. The monoisotopic (exact) mass is 524 g/mol. The van der Waals surface area contributed by atoms with Gasteiger partial charge >= 0.3 is 5.76 Å². The van der Waals surface area contributed by atoms with Crippen LogP contribution < -0.4 is 16.1 Å². The highest BCUT2D eigenvalue weighted by atomic mass is 16.5. The van der Waals surface area contributed by atoms with Crippen LogP contribution in [0.4, 0.5) is 0 Å². The third-order valence-electron chi connectivity index (χ3n) is 6.50. The van der Waals surface area contributed by atoms with E-state index in [-0.39, 0.29) is 5.56 Å². The molecule has 5 rings (SSSR count). The average molecular weight is 525 g/mol. The molecular weight excluding hydrogens is 496 g/mol. The molecule has 0 amide bonds. The van der Waals surface area contributed by atoms with Crippen LogP contribution in [0.3, 0.4) is 0 Å². The second-order valence-electron chi connectivity index (χ2n) is 9.09. The molecule has 0 aliphatic rings. The van der Waals surface area contributed by atoms with Crippen molar-refractivity contribution in [1.29, 1.82) is 0 Å². The maximum Gasteiger partial charge on any atom is 0.439 e. The van der Waals surface area contributed by atoms with E-state index < -0.39 is 5.76 Å². The number of unbranched alkanes of at least 4 members (excludes halogenated alkanes) is 1. The van der Waals surface area contributed by atoms with Crippen LogP contribution in [0, 0.1) is 6.92 Å². The predicted octanol–water partition coefficient (Wildman–Crippen LogP) is 4.28. The van der Waals surface area contributed by atoms with E-state index >= 15 is 0 Å². The molecule has 198 valence electrons. The summed E-state index contributed by atoms with van der Waals surface area (Å²) < 4.78 is 11.4. The molecule has 0 bridgehead atoms. The summed E-state index contributed by atoms with van der Waals surface area (Å²) in [4.78, 5) is 41.8. The smallest absolute Gasteiger partial charge is 0.439 e. The van der Waals surface area contributed by atoms with E-state index in [0.29, 0.717) is 41.6 Å². The zero-order valence-corrected chi connectivity index (χ0v) is 22.0. The van der Waals surface area contributed by atoms with Crippen LogP contribution in [0.15, 0.2) is 75.0 Å². The fourth-order valence-electron chi connectivity index (χ4n) is 4.50. The summed E-state index contributed by atoms with van der Waals surface area (Å²) in [6, 6.07) is 14.9. The second kappa shape index (κ2) is 11.3. The van der Waals surface area contributed by atoms with Gasteiger partial charge in [-0.1, -0.05) is 48.8 Å². The number of hydrogen-bond donors (Lipinski definition) is 1. The van der Waals surface area contributed by atoms with Crippen LogP contribution in [0.2, 0.25) is 0 Å². The number of hydrogen-bond acceptors (Lipinski definition) is 8. The minimum atomic E-state index is -0.616. The molecule has 0 atom stereocenters. The van der Waals surface area contributed by atoms with Crippen molar-refractivity contribution in [3.05, 3.63) is 105 Å². The SMILES string of the molecule is CCCCc1nc(C)n(-c2ccc(OC)cn2)c(=O)c1Cc1ccc(-c2ccccc2-c2noc(=O)[nH]2)cn1. The summed E-state index contributed by atoms with van der Waals surface area (Å²) in [6.07, 6.45) is 6.30. The van der Waals surface area contributed by atoms with Crippen molar-refractivity contribution < 1.29 is 9.26 Å². The largest absolute Gasteiger partial charge is 0.495 e. The van der Waals surface area contributed by atoms with Gasteiger partial charge in [-0.25, -0.2) is 19.3 Å². The molecule has 0 aliphatic carbocycles.